The van der Waals surface area contributed by atoms with Gasteiger partial charge in [0, 0.05) is 31.7 Å². The molecule has 0 aromatic carbocycles. The van der Waals surface area contributed by atoms with Gasteiger partial charge in [-0.3, -0.25) is 14.3 Å². The predicted molar refractivity (Wildman–Crippen MR) is 84.8 cm³/mol. The number of pyridine rings is 1. The zero-order chi connectivity index (χ0) is 15.7. The second-order valence-corrected chi connectivity index (χ2v) is 6.02. The highest BCUT2D eigenvalue weighted by Gasteiger charge is 2.18. The highest BCUT2D eigenvalue weighted by atomic mass is 16.2. The number of carbonyl (C=O) groups is 1. The summed E-state index contributed by atoms with van der Waals surface area (Å²) in [6.45, 7) is 3.61. The Morgan fingerprint density at radius 2 is 1.91 bits per heavy atom. The highest BCUT2D eigenvalue weighted by molar-refractivity contribution is 5.81. The van der Waals surface area contributed by atoms with Crippen LogP contribution in [0.3, 0.4) is 0 Å². The Hall–Kier alpha value is -2.11. The number of amides is 1. The van der Waals surface area contributed by atoms with Crippen molar-refractivity contribution in [3.8, 4) is 0 Å². The monoisotopic (exact) mass is 302 g/mol. The molecule has 2 aromatic rings. The smallest absolute Gasteiger partial charge is 0.277 e. The minimum atomic E-state index is -0.149. The predicted octanol–water partition coefficient (Wildman–Crippen LogP) is 1.45. The van der Waals surface area contributed by atoms with Gasteiger partial charge in [0.1, 0.15) is 12.1 Å². The van der Waals surface area contributed by atoms with E-state index < -0.39 is 0 Å². The van der Waals surface area contributed by atoms with Crippen LogP contribution >= 0.6 is 0 Å². The van der Waals surface area contributed by atoms with E-state index in [1.165, 1.54) is 17.4 Å². The lowest BCUT2D eigenvalue weighted by atomic mass is 10.2. The first-order valence-corrected chi connectivity index (χ1v) is 7.88. The van der Waals surface area contributed by atoms with E-state index in [1.54, 1.807) is 17.9 Å². The van der Waals surface area contributed by atoms with Crippen LogP contribution in [0.4, 0.5) is 0 Å². The fraction of sp³-hybridized carbons (Fsp3) is 0.562. The lowest BCUT2D eigenvalue weighted by molar-refractivity contribution is -0.131. The SMILES string of the molecule is Cc1nn(C)c2c(=O)n(CC(=O)N3CCCCCC3)ccc12. The Morgan fingerprint density at radius 1 is 1.23 bits per heavy atom. The van der Waals surface area contributed by atoms with Crippen molar-refractivity contribution in [2.45, 2.75) is 39.2 Å². The molecule has 118 valence electrons. The van der Waals surface area contributed by atoms with E-state index in [2.05, 4.69) is 5.10 Å². The van der Waals surface area contributed by atoms with E-state index in [-0.39, 0.29) is 18.0 Å². The molecule has 0 spiro atoms. The molecule has 1 aliphatic heterocycles. The molecule has 1 amide bonds. The summed E-state index contributed by atoms with van der Waals surface area (Å²) in [7, 11) is 1.76. The second-order valence-electron chi connectivity index (χ2n) is 6.02. The van der Waals surface area contributed by atoms with Crippen LogP contribution in [0.15, 0.2) is 17.1 Å². The van der Waals surface area contributed by atoms with Crippen molar-refractivity contribution in [1.82, 2.24) is 19.2 Å². The van der Waals surface area contributed by atoms with Gasteiger partial charge >= 0.3 is 0 Å². The van der Waals surface area contributed by atoms with Gasteiger partial charge in [0.15, 0.2) is 0 Å². The van der Waals surface area contributed by atoms with Crippen LogP contribution in [-0.4, -0.2) is 38.2 Å². The van der Waals surface area contributed by atoms with Gasteiger partial charge in [0.25, 0.3) is 5.56 Å². The van der Waals surface area contributed by atoms with Gasteiger partial charge in [-0.2, -0.15) is 5.10 Å². The molecule has 1 aliphatic rings. The van der Waals surface area contributed by atoms with Crippen molar-refractivity contribution in [2.75, 3.05) is 13.1 Å². The maximum absolute atomic E-state index is 12.6. The maximum Gasteiger partial charge on any atom is 0.277 e. The van der Waals surface area contributed by atoms with Gasteiger partial charge in [0.2, 0.25) is 5.91 Å². The van der Waals surface area contributed by atoms with Gasteiger partial charge in [0.05, 0.1) is 5.69 Å². The van der Waals surface area contributed by atoms with E-state index in [4.69, 9.17) is 0 Å². The van der Waals surface area contributed by atoms with Crippen molar-refractivity contribution in [2.24, 2.45) is 7.05 Å². The molecule has 0 bridgehead atoms. The lowest BCUT2D eigenvalue weighted by Crippen LogP contribution is -2.37. The van der Waals surface area contributed by atoms with Crippen molar-refractivity contribution in [3.63, 3.8) is 0 Å². The van der Waals surface area contributed by atoms with Crippen LogP contribution in [0.5, 0.6) is 0 Å². The van der Waals surface area contributed by atoms with E-state index in [9.17, 15) is 9.59 Å². The number of nitrogens with zero attached hydrogens (tertiary/aromatic N) is 4. The molecule has 2 aromatic heterocycles. The first-order chi connectivity index (χ1) is 10.6. The van der Waals surface area contributed by atoms with Gasteiger partial charge < -0.3 is 9.47 Å². The summed E-state index contributed by atoms with van der Waals surface area (Å²) in [5, 5.41) is 5.13. The number of aromatic nitrogens is 3. The van der Waals surface area contributed by atoms with Crippen molar-refractivity contribution < 1.29 is 4.79 Å². The molecule has 0 saturated carbocycles. The molecule has 1 fully saturated rings. The van der Waals surface area contributed by atoms with Crippen LogP contribution in [-0.2, 0) is 18.4 Å². The first-order valence-electron chi connectivity index (χ1n) is 7.88. The molecule has 0 atom stereocenters. The van der Waals surface area contributed by atoms with Gasteiger partial charge in [-0.25, -0.2) is 0 Å². The summed E-state index contributed by atoms with van der Waals surface area (Å²) in [6, 6.07) is 1.87. The average Bonchev–Trinajstić information content (AvgIpc) is 2.70. The molecule has 0 unspecified atom stereocenters. The third-order valence-electron chi connectivity index (χ3n) is 4.42. The lowest BCUT2D eigenvalue weighted by Gasteiger charge is -2.20. The van der Waals surface area contributed by atoms with E-state index in [0.29, 0.717) is 5.52 Å². The minimum Gasteiger partial charge on any atom is -0.341 e. The third-order valence-corrected chi connectivity index (χ3v) is 4.42. The molecular weight excluding hydrogens is 280 g/mol. The van der Waals surface area contributed by atoms with Crippen molar-refractivity contribution in [3.05, 3.63) is 28.3 Å². The number of hydrogen-bond donors (Lipinski definition) is 0. The van der Waals surface area contributed by atoms with Gasteiger partial charge in [-0.05, 0) is 25.8 Å². The molecule has 0 aliphatic carbocycles. The maximum atomic E-state index is 12.6. The first kappa shape index (κ1) is 14.8. The van der Waals surface area contributed by atoms with Crippen LogP contribution in [0.2, 0.25) is 0 Å². The highest BCUT2D eigenvalue weighted by Crippen LogP contribution is 2.13. The van der Waals surface area contributed by atoms with E-state index in [1.807, 2.05) is 17.9 Å². The van der Waals surface area contributed by atoms with Gasteiger partial charge in [-0.15, -0.1) is 0 Å². The molecular formula is C16H22N4O2. The fourth-order valence-electron chi connectivity index (χ4n) is 3.19. The van der Waals surface area contributed by atoms with E-state index >= 15 is 0 Å². The standard InChI is InChI=1S/C16H22N4O2/c1-12-13-7-10-20(16(22)15(13)18(2)17-12)11-14(21)19-8-5-3-4-6-9-19/h7,10H,3-6,8-9,11H2,1-2H3. The summed E-state index contributed by atoms with van der Waals surface area (Å²) in [5.41, 5.74) is 1.24. The number of hydrogen-bond acceptors (Lipinski definition) is 3. The summed E-state index contributed by atoms with van der Waals surface area (Å²) in [5.74, 6) is 0.0299. The Balaban J connectivity index is 1.87. The normalized spacial score (nSPS) is 16.0. The van der Waals surface area contributed by atoms with Crippen LogP contribution < -0.4 is 5.56 Å². The molecule has 1 saturated heterocycles. The van der Waals surface area contributed by atoms with Crippen molar-refractivity contribution >= 4 is 16.8 Å². The Labute approximate surface area is 129 Å². The summed E-state index contributed by atoms with van der Waals surface area (Å²) in [6.07, 6.45) is 6.18. The molecule has 22 heavy (non-hydrogen) atoms. The zero-order valence-electron chi connectivity index (χ0n) is 13.2. The van der Waals surface area contributed by atoms with Crippen LogP contribution in [0, 0.1) is 6.92 Å². The fourth-order valence-corrected chi connectivity index (χ4v) is 3.19. The number of carbonyl (C=O) groups excluding carboxylic acids is 1. The summed E-state index contributed by atoms with van der Waals surface area (Å²) in [4.78, 5) is 26.9. The van der Waals surface area contributed by atoms with Crippen LogP contribution in [0.25, 0.3) is 10.9 Å². The van der Waals surface area contributed by atoms with Crippen molar-refractivity contribution in [1.29, 1.82) is 0 Å². The zero-order valence-corrected chi connectivity index (χ0v) is 13.2. The topological polar surface area (TPSA) is 60.1 Å². The number of rotatable bonds is 2. The summed E-state index contributed by atoms with van der Waals surface area (Å²) < 4.78 is 3.09. The quantitative estimate of drug-likeness (QED) is 0.843. The second kappa shape index (κ2) is 5.94. The molecule has 0 radical (unpaired) electrons. The van der Waals surface area contributed by atoms with Gasteiger partial charge in [-0.1, -0.05) is 12.8 Å². The number of aryl methyl sites for hydroxylation is 2. The Kier molecular flexibility index (Phi) is 4.00. The molecule has 6 heteroatoms. The third kappa shape index (κ3) is 2.65. The minimum absolute atomic E-state index is 0.0299. The molecule has 0 N–H and O–H groups in total. The summed E-state index contributed by atoms with van der Waals surface area (Å²) >= 11 is 0. The Morgan fingerprint density at radius 3 is 2.59 bits per heavy atom. The molecule has 3 heterocycles. The average molecular weight is 302 g/mol. The molecule has 6 nitrogen and oxygen atoms in total. The largest absolute Gasteiger partial charge is 0.341 e. The Bertz CT molecular complexity index is 751. The molecule has 3 rings (SSSR count). The van der Waals surface area contributed by atoms with E-state index in [0.717, 1.165) is 37.0 Å². The van der Waals surface area contributed by atoms with Crippen LogP contribution in [0.1, 0.15) is 31.4 Å². The number of likely N-dealkylation sites (tertiary alicyclic amines) is 1. The number of fused-ring (bicyclic) bond motifs is 1.